The molecule has 0 saturated carbocycles. The Hall–Kier alpha value is -3.00. The minimum absolute atomic E-state index is 0.0477. The fourth-order valence-electron chi connectivity index (χ4n) is 4.01. The van der Waals surface area contributed by atoms with E-state index in [1.54, 1.807) is 28.5 Å². The van der Waals surface area contributed by atoms with Crippen LogP contribution in [0.2, 0.25) is 0 Å². The molecule has 9 heteroatoms. The quantitative estimate of drug-likeness (QED) is 0.444. The van der Waals surface area contributed by atoms with Crippen LogP contribution in [0.3, 0.4) is 0 Å². The third-order valence-corrected chi connectivity index (χ3v) is 5.55. The van der Waals surface area contributed by atoms with Crippen LogP contribution in [0.25, 0.3) is 5.65 Å². The lowest BCUT2D eigenvalue weighted by atomic mass is 9.90. The number of amides is 1. The van der Waals surface area contributed by atoms with E-state index < -0.39 is 11.4 Å². The van der Waals surface area contributed by atoms with Crippen molar-refractivity contribution in [1.82, 2.24) is 14.6 Å². The first kappa shape index (κ1) is 21.2. The number of ether oxygens (including phenoxy) is 1. The second kappa shape index (κ2) is 7.92. The molecule has 0 saturated heterocycles. The van der Waals surface area contributed by atoms with Gasteiger partial charge in [0.2, 0.25) is 5.91 Å². The van der Waals surface area contributed by atoms with Crippen molar-refractivity contribution in [3.05, 3.63) is 58.8 Å². The molecular formula is C22H22ClFN4O3. The van der Waals surface area contributed by atoms with Crippen LogP contribution in [0.1, 0.15) is 48.2 Å². The van der Waals surface area contributed by atoms with E-state index in [4.69, 9.17) is 16.3 Å². The number of pyridine rings is 1. The van der Waals surface area contributed by atoms with Crippen LogP contribution in [-0.2, 0) is 21.4 Å². The van der Waals surface area contributed by atoms with Gasteiger partial charge in [-0.15, -0.1) is 16.7 Å². The summed E-state index contributed by atoms with van der Waals surface area (Å²) in [4.78, 5) is 30.9. The van der Waals surface area contributed by atoms with Gasteiger partial charge in [0.15, 0.2) is 5.65 Å². The van der Waals surface area contributed by atoms with Gasteiger partial charge in [0.1, 0.15) is 11.7 Å². The Kier molecular flexibility index (Phi) is 5.43. The highest BCUT2D eigenvalue weighted by atomic mass is 35.5. The Morgan fingerprint density at radius 2 is 1.97 bits per heavy atom. The third-order valence-electron chi connectivity index (χ3n) is 5.33. The number of halogens is 2. The Morgan fingerprint density at radius 3 is 2.61 bits per heavy atom. The Labute approximate surface area is 183 Å². The molecule has 1 aliphatic rings. The van der Waals surface area contributed by atoms with E-state index in [1.807, 2.05) is 19.9 Å². The van der Waals surface area contributed by atoms with Crippen molar-refractivity contribution in [3.8, 4) is 0 Å². The van der Waals surface area contributed by atoms with Crippen LogP contribution in [0.4, 0.5) is 10.1 Å². The predicted octanol–water partition coefficient (Wildman–Crippen LogP) is 3.50. The zero-order valence-electron chi connectivity index (χ0n) is 17.5. The molecule has 31 heavy (non-hydrogen) atoms. The number of nitrogens with zero attached hydrogens (tertiary/aromatic N) is 4. The van der Waals surface area contributed by atoms with Crippen LogP contribution in [0.5, 0.6) is 0 Å². The molecule has 0 atom stereocenters. The molecule has 3 aromatic rings. The van der Waals surface area contributed by atoms with Gasteiger partial charge in [0.25, 0.3) is 5.82 Å². The van der Waals surface area contributed by atoms with Gasteiger partial charge in [-0.3, -0.25) is 4.79 Å². The molecule has 4 rings (SSSR count). The van der Waals surface area contributed by atoms with Gasteiger partial charge < -0.3 is 9.64 Å². The number of hydrogen-bond donors (Lipinski definition) is 0. The first-order valence-corrected chi connectivity index (χ1v) is 10.5. The fourth-order valence-corrected chi connectivity index (χ4v) is 4.15. The van der Waals surface area contributed by atoms with Gasteiger partial charge in [-0.2, -0.15) is 0 Å². The van der Waals surface area contributed by atoms with E-state index in [9.17, 15) is 14.0 Å². The maximum absolute atomic E-state index is 13.4. The zero-order valence-corrected chi connectivity index (χ0v) is 18.2. The molecule has 3 heterocycles. The predicted molar refractivity (Wildman–Crippen MR) is 114 cm³/mol. The first-order valence-electron chi connectivity index (χ1n) is 9.96. The molecular weight excluding hydrogens is 423 g/mol. The highest BCUT2D eigenvalue weighted by Gasteiger charge is 2.41. The number of benzene rings is 1. The number of aromatic nitrogens is 3. The first-order chi connectivity index (χ1) is 14.7. The second-order valence-electron chi connectivity index (χ2n) is 8.10. The van der Waals surface area contributed by atoms with Crippen LogP contribution in [0.15, 0.2) is 30.3 Å². The highest BCUT2D eigenvalue weighted by Crippen LogP contribution is 2.42. The van der Waals surface area contributed by atoms with Crippen molar-refractivity contribution in [2.24, 2.45) is 0 Å². The molecule has 1 aliphatic heterocycles. The van der Waals surface area contributed by atoms with Crippen LogP contribution in [0, 0.1) is 5.82 Å². The molecule has 1 amide bonds. The van der Waals surface area contributed by atoms with E-state index >= 15 is 0 Å². The number of rotatable bonds is 5. The summed E-state index contributed by atoms with van der Waals surface area (Å²) in [5.41, 5.74) is 3.12. The molecule has 0 N–H and O–H groups in total. The van der Waals surface area contributed by atoms with Crippen molar-refractivity contribution in [1.29, 1.82) is 0 Å². The fraction of sp³-hybridized carbons (Fsp3) is 0.364. The minimum Gasteiger partial charge on any atom is -0.460 e. The average molecular weight is 445 g/mol. The van der Waals surface area contributed by atoms with Crippen molar-refractivity contribution in [2.75, 3.05) is 23.9 Å². The maximum atomic E-state index is 13.4. The summed E-state index contributed by atoms with van der Waals surface area (Å²) in [5, 5.41) is 4.43. The summed E-state index contributed by atoms with van der Waals surface area (Å²) in [7, 11) is 0. The van der Waals surface area contributed by atoms with Gasteiger partial charge >= 0.3 is 5.97 Å². The number of alkyl halides is 1. The molecule has 0 bridgehead atoms. The van der Waals surface area contributed by atoms with Crippen LogP contribution >= 0.6 is 11.6 Å². The van der Waals surface area contributed by atoms with Crippen molar-refractivity contribution < 1.29 is 18.7 Å². The summed E-state index contributed by atoms with van der Waals surface area (Å²) in [6.07, 6.45) is 0.418. The van der Waals surface area contributed by atoms with Gasteiger partial charge in [0, 0.05) is 23.9 Å². The number of anilines is 1. The molecule has 2 aromatic heterocycles. The molecule has 0 aliphatic carbocycles. The van der Waals surface area contributed by atoms with Gasteiger partial charge in [-0.25, -0.2) is 18.7 Å². The minimum atomic E-state index is -0.614. The molecule has 162 valence electrons. The van der Waals surface area contributed by atoms with E-state index in [0.717, 1.165) is 16.8 Å². The normalized spacial score (nSPS) is 14.7. The van der Waals surface area contributed by atoms with Crippen molar-refractivity contribution in [3.63, 3.8) is 0 Å². The molecule has 0 fully saturated rings. The van der Waals surface area contributed by atoms with Gasteiger partial charge in [0.05, 0.1) is 18.0 Å². The largest absolute Gasteiger partial charge is 0.460 e. The molecule has 1 aromatic carbocycles. The van der Waals surface area contributed by atoms with E-state index in [-0.39, 0.29) is 30.0 Å². The summed E-state index contributed by atoms with van der Waals surface area (Å²) in [6.45, 7) is 6.34. The molecule has 7 nitrogen and oxygen atoms in total. The summed E-state index contributed by atoms with van der Waals surface area (Å²) in [5.74, 6) is -1.35. The van der Waals surface area contributed by atoms with Crippen LogP contribution in [-0.4, -0.2) is 45.5 Å². The molecule has 0 spiro atoms. The standard InChI is InChI=1S/C22H22ClFN4O3/c1-4-31-21(30)19-25-20-14(9-13-5-7-15(24)8-6-13)10-16-18(28(20)26-19)22(2,3)12-27(16)17(29)11-23/h5-8,10H,4,9,11-12H2,1-3H3. The SMILES string of the molecule is CCOC(=O)c1nc2c(Cc3ccc(F)cc3)cc3c(n2n1)C(C)(C)CN3C(=O)CCl. The third kappa shape index (κ3) is 3.76. The van der Waals surface area contributed by atoms with E-state index in [2.05, 4.69) is 10.1 Å². The number of fused-ring (bicyclic) bond motifs is 3. The summed E-state index contributed by atoms with van der Waals surface area (Å²) >= 11 is 5.85. The average Bonchev–Trinajstić information content (AvgIpc) is 3.28. The number of hydrogen-bond acceptors (Lipinski definition) is 5. The smallest absolute Gasteiger partial charge is 0.378 e. The van der Waals surface area contributed by atoms with Crippen molar-refractivity contribution in [2.45, 2.75) is 32.6 Å². The number of carbonyl (C=O) groups excluding carboxylic acids is 2. The lowest BCUT2D eigenvalue weighted by molar-refractivity contribution is -0.116. The van der Waals surface area contributed by atoms with Gasteiger partial charge in [-0.1, -0.05) is 26.0 Å². The maximum Gasteiger partial charge on any atom is 0.378 e. The van der Waals surface area contributed by atoms with Crippen molar-refractivity contribution >= 4 is 34.8 Å². The lowest BCUT2D eigenvalue weighted by Crippen LogP contribution is -2.34. The number of carbonyl (C=O) groups is 2. The Balaban J connectivity index is 1.93. The molecule has 0 unspecified atom stereocenters. The topological polar surface area (TPSA) is 76.8 Å². The Bertz CT molecular complexity index is 1170. The highest BCUT2D eigenvalue weighted by molar-refractivity contribution is 6.29. The molecule has 0 radical (unpaired) electrons. The van der Waals surface area contributed by atoms with Crippen LogP contribution < -0.4 is 4.90 Å². The number of esters is 1. The van der Waals surface area contributed by atoms with Gasteiger partial charge in [-0.05, 0) is 30.7 Å². The Morgan fingerprint density at radius 1 is 1.26 bits per heavy atom. The van der Waals surface area contributed by atoms with E-state index in [0.29, 0.717) is 24.3 Å². The van der Waals surface area contributed by atoms with E-state index in [1.165, 1.54) is 12.1 Å². The monoisotopic (exact) mass is 444 g/mol. The zero-order chi connectivity index (χ0) is 22.3. The summed E-state index contributed by atoms with van der Waals surface area (Å²) in [6, 6.07) is 8.04. The lowest BCUT2D eigenvalue weighted by Gasteiger charge is -2.19. The second-order valence-corrected chi connectivity index (χ2v) is 8.36. The summed E-state index contributed by atoms with van der Waals surface area (Å²) < 4.78 is 20.1.